The average Bonchev–Trinajstić information content (AvgIpc) is 3.15. The Morgan fingerprint density at radius 3 is 2.50 bits per heavy atom. The van der Waals surface area contributed by atoms with Gasteiger partial charge in [-0.2, -0.15) is 4.98 Å². The van der Waals surface area contributed by atoms with Crippen molar-refractivity contribution in [2.75, 3.05) is 13.6 Å². The fourth-order valence-corrected chi connectivity index (χ4v) is 3.84. The molecule has 0 radical (unpaired) electrons. The highest BCUT2D eigenvalue weighted by Gasteiger charge is 2.21. The summed E-state index contributed by atoms with van der Waals surface area (Å²) in [6.45, 7) is 3.61. The normalized spacial score (nSPS) is 11.7. The number of likely N-dealkylation sites (N-methyl/N-ethyl adjacent to an activating group) is 1. The van der Waals surface area contributed by atoms with Crippen LogP contribution in [0, 0.1) is 6.92 Å². The van der Waals surface area contributed by atoms with Crippen LogP contribution in [0.2, 0.25) is 0 Å². The molecular weight excluding hydrogens is 378 g/mol. The molecule has 7 nitrogen and oxygen atoms in total. The van der Waals surface area contributed by atoms with Gasteiger partial charge in [0.2, 0.25) is 10.0 Å². The molecule has 0 N–H and O–H groups in total. The third-order valence-corrected chi connectivity index (χ3v) is 6.22. The molecule has 3 rings (SSSR count). The van der Waals surface area contributed by atoms with E-state index in [0.717, 1.165) is 11.1 Å². The summed E-state index contributed by atoms with van der Waals surface area (Å²) in [5, 5.41) is 3.93. The van der Waals surface area contributed by atoms with Crippen molar-refractivity contribution in [1.82, 2.24) is 14.4 Å². The van der Waals surface area contributed by atoms with Crippen molar-refractivity contribution in [1.29, 1.82) is 0 Å². The minimum absolute atomic E-state index is 0.112. The summed E-state index contributed by atoms with van der Waals surface area (Å²) in [4.78, 5) is 15.8. The molecule has 28 heavy (non-hydrogen) atoms. The van der Waals surface area contributed by atoms with Crippen LogP contribution >= 0.6 is 0 Å². The minimum atomic E-state index is -3.67. The molecule has 0 aliphatic rings. The molecule has 0 aliphatic carbocycles. The van der Waals surface area contributed by atoms with Crippen LogP contribution in [0.3, 0.4) is 0 Å². The summed E-state index contributed by atoms with van der Waals surface area (Å²) >= 11 is 0. The first-order chi connectivity index (χ1) is 13.3. The van der Waals surface area contributed by atoms with Crippen molar-refractivity contribution in [3.05, 3.63) is 65.5 Å². The van der Waals surface area contributed by atoms with E-state index in [-0.39, 0.29) is 17.2 Å². The van der Waals surface area contributed by atoms with Crippen molar-refractivity contribution in [2.24, 2.45) is 0 Å². The molecule has 0 atom stereocenters. The SMILES string of the molecule is CC(=O)c1ccc(S(=O)(=O)N(C)CCc2noc(-c3cccc(C)c3)n2)cc1. The van der Waals surface area contributed by atoms with Crippen LogP contribution in [0.1, 0.15) is 28.7 Å². The molecule has 0 spiro atoms. The summed E-state index contributed by atoms with van der Waals surface area (Å²) in [6, 6.07) is 13.6. The van der Waals surface area contributed by atoms with Gasteiger partial charge in [0.1, 0.15) is 0 Å². The molecule has 0 unspecified atom stereocenters. The van der Waals surface area contributed by atoms with E-state index in [9.17, 15) is 13.2 Å². The molecule has 1 aromatic heterocycles. The monoisotopic (exact) mass is 399 g/mol. The number of aromatic nitrogens is 2. The van der Waals surface area contributed by atoms with Crippen LogP contribution in [-0.4, -0.2) is 42.2 Å². The van der Waals surface area contributed by atoms with E-state index in [0.29, 0.717) is 23.7 Å². The fourth-order valence-electron chi connectivity index (χ4n) is 2.67. The number of hydrogen-bond acceptors (Lipinski definition) is 6. The lowest BCUT2D eigenvalue weighted by Gasteiger charge is -2.16. The molecule has 2 aromatic carbocycles. The third-order valence-electron chi connectivity index (χ3n) is 4.35. The molecule has 0 fully saturated rings. The highest BCUT2D eigenvalue weighted by atomic mass is 32.2. The maximum absolute atomic E-state index is 12.7. The van der Waals surface area contributed by atoms with E-state index >= 15 is 0 Å². The lowest BCUT2D eigenvalue weighted by atomic mass is 10.1. The number of ketones is 1. The van der Waals surface area contributed by atoms with Crippen LogP contribution in [0.25, 0.3) is 11.5 Å². The van der Waals surface area contributed by atoms with Gasteiger partial charge in [-0.25, -0.2) is 12.7 Å². The van der Waals surface area contributed by atoms with Gasteiger partial charge in [0.05, 0.1) is 4.90 Å². The quantitative estimate of drug-likeness (QED) is 0.567. The number of carbonyl (C=O) groups excluding carboxylic acids is 1. The molecular formula is C20H21N3O4S. The van der Waals surface area contributed by atoms with E-state index in [1.807, 2.05) is 31.2 Å². The Labute approximate surface area is 164 Å². The summed E-state index contributed by atoms with van der Waals surface area (Å²) in [5.41, 5.74) is 2.38. The van der Waals surface area contributed by atoms with Crippen molar-refractivity contribution < 1.29 is 17.7 Å². The summed E-state index contributed by atoms with van der Waals surface area (Å²) < 4.78 is 31.9. The number of carbonyl (C=O) groups is 1. The molecule has 146 valence electrons. The van der Waals surface area contributed by atoms with Crippen LogP contribution < -0.4 is 0 Å². The summed E-state index contributed by atoms with van der Waals surface area (Å²) in [6.07, 6.45) is 0.316. The van der Waals surface area contributed by atoms with Crippen molar-refractivity contribution >= 4 is 15.8 Å². The predicted octanol–water partition coefficient (Wildman–Crippen LogP) is 3.11. The Morgan fingerprint density at radius 2 is 1.86 bits per heavy atom. The minimum Gasteiger partial charge on any atom is -0.334 e. The second kappa shape index (κ2) is 8.04. The van der Waals surface area contributed by atoms with Gasteiger partial charge in [0.15, 0.2) is 11.6 Å². The largest absolute Gasteiger partial charge is 0.334 e. The Hall–Kier alpha value is -2.84. The lowest BCUT2D eigenvalue weighted by molar-refractivity contribution is 0.101. The number of Topliss-reactive ketones (excluding diaryl/α,β-unsaturated/α-hetero) is 1. The topological polar surface area (TPSA) is 93.4 Å². The zero-order valence-electron chi connectivity index (χ0n) is 15.9. The van der Waals surface area contributed by atoms with E-state index in [2.05, 4.69) is 10.1 Å². The molecule has 0 aliphatic heterocycles. The van der Waals surface area contributed by atoms with Gasteiger partial charge >= 0.3 is 0 Å². The van der Waals surface area contributed by atoms with Gasteiger partial charge in [0.25, 0.3) is 5.89 Å². The van der Waals surface area contributed by atoms with Crippen LogP contribution in [-0.2, 0) is 16.4 Å². The fraction of sp³-hybridized carbons (Fsp3) is 0.250. The molecule has 0 amide bonds. The number of hydrogen-bond donors (Lipinski definition) is 0. The number of sulfonamides is 1. The highest BCUT2D eigenvalue weighted by Crippen LogP contribution is 2.19. The zero-order valence-corrected chi connectivity index (χ0v) is 16.7. The molecule has 0 saturated carbocycles. The number of nitrogens with zero attached hydrogens (tertiary/aromatic N) is 3. The Kier molecular flexibility index (Phi) is 5.71. The predicted molar refractivity (Wildman–Crippen MR) is 104 cm³/mol. The van der Waals surface area contributed by atoms with E-state index in [4.69, 9.17) is 4.52 Å². The molecule has 3 aromatic rings. The molecule has 0 bridgehead atoms. The maximum atomic E-state index is 12.7. The van der Waals surface area contributed by atoms with Crippen molar-refractivity contribution in [3.63, 3.8) is 0 Å². The Bertz CT molecular complexity index is 1090. The highest BCUT2D eigenvalue weighted by molar-refractivity contribution is 7.89. The first-order valence-electron chi connectivity index (χ1n) is 8.74. The molecule has 0 saturated heterocycles. The standard InChI is InChI=1S/C20H21N3O4S/c1-14-5-4-6-17(13-14)20-21-19(22-27-20)11-12-23(3)28(25,26)18-9-7-16(8-10-18)15(2)24/h4-10,13H,11-12H2,1-3H3. The molecule has 1 heterocycles. The van der Waals surface area contributed by atoms with Crippen molar-refractivity contribution in [2.45, 2.75) is 25.2 Å². The Balaban J connectivity index is 1.68. The first kappa shape index (κ1) is 19.9. The van der Waals surface area contributed by atoms with Gasteiger partial charge in [-0.1, -0.05) is 35.0 Å². The number of aryl methyl sites for hydroxylation is 1. The molecule has 8 heteroatoms. The van der Waals surface area contributed by atoms with Gasteiger partial charge in [0, 0.05) is 31.1 Å². The summed E-state index contributed by atoms with van der Waals surface area (Å²) in [5.74, 6) is 0.730. The summed E-state index contributed by atoms with van der Waals surface area (Å²) in [7, 11) is -2.17. The van der Waals surface area contributed by atoms with Gasteiger partial charge in [-0.15, -0.1) is 0 Å². The van der Waals surface area contributed by atoms with Crippen LogP contribution in [0.15, 0.2) is 57.9 Å². The van der Waals surface area contributed by atoms with Crippen molar-refractivity contribution in [3.8, 4) is 11.5 Å². The van der Waals surface area contributed by atoms with Crippen LogP contribution in [0.4, 0.5) is 0 Å². The Morgan fingerprint density at radius 1 is 1.14 bits per heavy atom. The zero-order chi connectivity index (χ0) is 20.3. The maximum Gasteiger partial charge on any atom is 0.257 e. The number of benzene rings is 2. The first-order valence-corrected chi connectivity index (χ1v) is 10.2. The van der Waals surface area contributed by atoms with Crippen LogP contribution in [0.5, 0.6) is 0 Å². The average molecular weight is 399 g/mol. The number of rotatable bonds is 7. The second-order valence-corrected chi connectivity index (χ2v) is 8.59. The lowest BCUT2D eigenvalue weighted by Crippen LogP contribution is -2.29. The van der Waals surface area contributed by atoms with Gasteiger partial charge < -0.3 is 4.52 Å². The van der Waals surface area contributed by atoms with E-state index in [1.165, 1.54) is 42.5 Å². The van der Waals surface area contributed by atoms with Gasteiger partial charge in [-0.05, 0) is 38.1 Å². The van der Waals surface area contributed by atoms with E-state index in [1.54, 1.807) is 0 Å². The smallest absolute Gasteiger partial charge is 0.257 e. The second-order valence-electron chi connectivity index (χ2n) is 6.54. The van der Waals surface area contributed by atoms with E-state index < -0.39 is 10.0 Å². The van der Waals surface area contributed by atoms with Gasteiger partial charge in [-0.3, -0.25) is 4.79 Å². The third kappa shape index (κ3) is 4.35.